The Bertz CT molecular complexity index is 396. The van der Waals surface area contributed by atoms with Crippen molar-refractivity contribution >= 4 is 5.91 Å². The molecule has 0 bridgehead atoms. The van der Waals surface area contributed by atoms with Gasteiger partial charge in [0, 0.05) is 6.54 Å². The Kier molecular flexibility index (Phi) is 5.61. The normalized spacial score (nSPS) is 13.9. The van der Waals surface area contributed by atoms with Crippen molar-refractivity contribution in [2.24, 2.45) is 5.73 Å². The summed E-state index contributed by atoms with van der Waals surface area (Å²) in [6, 6.07) is 7.13. The van der Waals surface area contributed by atoms with Crippen LogP contribution < -0.4 is 15.8 Å². The number of rotatable bonds is 7. The second kappa shape index (κ2) is 6.98. The molecule has 2 unspecified atom stereocenters. The Balaban J connectivity index is 2.31. The van der Waals surface area contributed by atoms with Crippen LogP contribution in [0, 0.1) is 6.92 Å². The number of carbonyl (C=O) groups is 1. The number of aliphatic hydroxyl groups is 1. The van der Waals surface area contributed by atoms with Crippen LogP contribution in [0.2, 0.25) is 0 Å². The van der Waals surface area contributed by atoms with Gasteiger partial charge in [0.1, 0.15) is 18.5 Å². The molecule has 0 fully saturated rings. The van der Waals surface area contributed by atoms with Gasteiger partial charge in [-0.1, -0.05) is 18.2 Å². The van der Waals surface area contributed by atoms with E-state index in [4.69, 9.17) is 10.5 Å². The SMILES string of the molecule is Cc1ccccc1OCC(O)CNC(C)C(N)=O. The lowest BCUT2D eigenvalue weighted by molar-refractivity contribution is -0.119. The summed E-state index contributed by atoms with van der Waals surface area (Å²) in [5.74, 6) is 0.307. The van der Waals surface area contributed by atoms with E-state index in [2.05, 4.69) is 5.32 Å². The average molecular weight is 252 g/mol. The van der Waals surface area contributed by atoms with Crippen molar-refractivity contribution in [2.45, 2.75) is 26.0 Å². The smallest absolute Gasteiger partial charge is 0.234 e. The van der Waals surface area contributed by atoms with E-state index in [1.807, 2.05) is 31.2 Å². The number of aliphatic hydroxyl groups excluding tert-OH is 1. The molecule has 1 amide bonds. The molecule has 0 saturated carbocycles. The summed E-state index contributed by atoms with van der Waals surface area (Å²) in [5, 5.41) is 12.5. The first kappa shape index (κ1) is 14.5. The minimum Gasteiger partial charge on any atom is -0.491 e. The number of hydrogen-bond donors (Lipinski definition) is 3. The van der Waals surface area contributed by atoms with Gasteiger partial charge in [-0.25, -0.2) is 0 Å². The van der Waals surface area contributed by atoms with Gasteiger partial charge in [-0.05, 0) is 25.5 Å². The summed E-state index contributed by atoms with van der Waals surface area (Å²) in [6.07, 6.45) is -0.689. The quantitative estimate of drug-likeness (QED) is 0.647. The average Bonchev–Trinajstić information content (AvgIpc) is 2.34. The van der Waals surface area contributed by atoms with E-state index in [1.54, 1.807) is 6.92 Å². The van der Waals surface area contributed by atoms with Gasteiger partial charge in [0.2, 0.25) is 5.91 Å². The number of amides is 1. The molecule has 0 radical (unpaired) electrons. The molecule has 4 N–H and O–H groups in total. The molecule has 5 heteroatoms. The molecule has 0 aliphatic heterocycles. The van der Waals surface area contributed by atoms with Crippen molar-refractivity contribution in [1.82, 2.24) is 5.32 Å². The highest BCUT2D eigenvalue weighted by atomic mass is 16.5. The number of primary amides is 1. The van der Waals surface area contributed by atoms with Crippen molar-refractivity contribution in [3.8, 4) is 5.75 Å². The minimum atomic E-state index is -0.689. The van der Waals surface area contributed by atoms with Gasteiger partial charge < -0.3 is 20.9 Å². The second-order valence-electron chi connectivity index (χ2n) is 4.26. The van der Waals surface area contributed by atoms with Crippen LogP contribution in [0.1, 0.15) is 12.5 Å². The van der Waals surface area contributed by atoms with Gasteiger partial charge in [0.15, 0.2) is 0 Å². The van der Waals surface area contributed by atoms with Crippen LogP contribution in [-0.2, 0) is 4.79 Å². The van der Waals surface area contributed by atoms with Crippen molar-refractivity contribution in [2.75, 3.05) is 13.2 Å². The van der Waals surface area contributed by atoms with E-state index in [1.165, 1.54) is 0 Å². The molecule has 18 heavy (non-hydrogen) atoms. The lowest BCUT2D eigenvalue weighted by atomic mass is 10.2. The maximum absolute atomic E-state index is 10.8. The second-order valence-corrected chi connectivity index (χ2v) is 4.26. The van der Waals surface area contributed by atoms with Gasteiger partial charge in [-0.2, -0.15) is 0 Å². The molecule has 2 atom stereocenters. The highest BCUT2D eigenvalue weighted by Gasteiger charge is 2.11. The van der Waals surface area contributed by atoms with Crippen LogP contribution in [0.3, 0.4) is 0 Å². The van der Waals surface area contributed by atoms with Gasteiger partial charge >= 0.3 is 0 Å². The molecule has 0 heterocycles. The van der Waals surface area contributed by atoms with Crippen molar-refractivity contribution < 1.29 is 14.6 Å². The third-order valence-electron chi connectivity index (χ3n) is 2.61. The van der Waals surface area contributed by atoms with E-state index >= 15 is 0 Å². The number of hydrogen-bond acceptors (Lipinski definition) is 4. The highest BCUT2D eigenvalue weighted by molar-refractivity contribution is 5.79. The predicted molar refractivity (Wildman–Crippen MR) is 69.3 cm³/mol. The van der Waals surface area contributed by atoms with Gasteiger partial charge in [0.05, 0.1) is 6.04 Å². The Morgan fingerprint density at radius 3 is 2.78 bits per heavy atom. The Morgan fingerprint density at radius 2 is 2.17 bits per heavy atom. The maximum atomic E-state index is 10.8. The number of para-hydroxylation sites is 1. The number of nitrogens with one attached hydrogen (secondary N) is 1. The molecule has 0 aromatic heterocycles. The lowest BCUT2D eigenvalue weighted by Gasteiger charge is -2.16. The molecular weight excluding hydrogens is 232 g/mol. The zero-order chi connectivity index (χ0) is 13.5. The molecular formula is C13H20N2O3. The number of nitrogens with two attached hydrogens (primary N) is 1. The summed E-state index contributed by atoms with van der Waals surface area (Å²) in [5.41, 5.74) is 6.11. The maximum Gasteiger partial charge on any atom is 0.234 e. The van der Waals surface area contributed by atoms with Crippen LogP contribution in [0.15, 0.2) is 24.3 Å². The van der Waals surface area contributed by atoms with Crippen LogP contribution in [-0.4, -0.2) is 36.3 Å². The molecule has 0 aliphatic carbocycles. The van der Waals surface area contributed by atoms with Gasteiger partial charge in [-0.3, -0.25) is 4.79 Å². The number of aryl methyl sites for hydroxylation is 1. The van der Waals surface area contributed by atoms with E-state index in [0.717, 1.165) is 11.3 Å². The molecule has 0 aliphatic rings. The largest absolute Gasteiger partial charge is 0.491 e. The molecule has 1 rings (SSSR count). The summed E-state index contributed by atoms with van der Waals surface area (Å²) in [6.45, 7) is 4.02. The van der Waals surface area contributed by atoms with Crippen LogP contribution in [0.4, 0.5) is 0 Å². The van der Waals surface area contributed by atoms with E-state index in [9.17, 15) is 9.90 Å². The monoisotopic (exact) mass is 252 g/mol. The predicted octanol–water partition coefficient (Wildman–Crippen LogP) is 0.198. The first-order valence-corrected chi connectivity index (χ1v) is 5.90. The number of carbonyl (C=O) groups excluding carboxylic acids is 1. The van der Waals surface area contributed by atoms with E-state index in [-0.39, 0.29) is 13.2 Å². The topological polar surface area (TPSA) is 84.6 Å². The third-order valence-corrected chi connectivity index (χ3v) is 2.61. The molecule has 0 spiro atoms. The first-order chi connectivity index (χ1) is 8.50. The summed E-state index contributed by atoms with van der Waals surface area (Å²) in [7, 11) is 0. The fraction of sp³-hybridized carbons (Fsp3) is 0.462. The molecule has 1 aromatic carbocycles. The third kappa shape index (κ3) is 4.73. The lowest BCUT2D eigenvalue weighted by Crippen LogP contribution is -2.43. The summed E-state index contributed by atoms with van der Waals surface area (Å²) < 4.78 is 5.49. The summed E-state index contributed by atoms with van der Waals surface area (Å²) >= 11 is 0. The van der Waals surface area contributed by atoms with E-state index < -0.39 is 18.1 Å². The Labute approximate surface area is 107 Å². The van der Waals surface area contributed by atoms with Gasteiger partial charge in [0.25, 0.3) is 0 Å². The molecule has 100 valence electrons. The zero-order valence-electron chi connectivity index (χ0n) is 10.7. The summed E-state index contributed by atoms with van der Waals surface area (Å²) in [4.78, 5) is 10.8. The first-order valence-electron chi connectivity index (χ1n) is 5.90. The molecule has 0 saturated heterocycles. The molecule has 5 nitrogen and oxygen atoms in total. The van der Waals surface area contributed by atoms with Gasteiger partial charge in [-0.15, -0.1) is 0 Å². The fourth-order valence-corrected chi connectivity index (χ4v) is 1.38. The fourth-order valence-electron chi connectivity index (χ4n) is 1.38. The zero-order valence-corrected chi connectivity index (χ0v) is 10.7. The van der Waals surface area contributed by atoms with Crippen molar-refractivity contribution in [3.05, 3.63) is 29.8 Å². The van der Waals surface area contributed by atoms with Crippen LogP contribution >= 0.6 is 0 Å². The standard InChI is InChI=1S/C13H20N2O3/c1-9-5-3-4-6-12(9)18-8-11(16)7-15-10(2)13(14)17/h3-6,10-11,15-16H,7-8H2,1-2H3,(H2,14,17). The Morgan fingerprint density at radius 1 is 1.50 bits per heavy atom. The minimum absolute atomic E-state index is 0.170. The van der Waals surface area contributed by atoms with E-state index in [0.29, 0.717) is 0 Å². The van der Waals surface area contributed by atoms with Crippen LogP contribution in [0.5, 0.6) is 5.75 Å². The number of ether oxygens (including phenoxy) is 1. The van der Waals surface area contributed by atoms with Crippen molar-refractivity contribution in [1.29, 1.82) is 0 Å². The van der Waals surface area contributed by atoms with Crippen LogP contribution in [0.25, 0.3) is 0 Å². The number of benzene rings is 1. The van der Waals surface area contributed by atoms with Crippen molar-refractivity contribution in [3.63, 3.8) is 0 Å². The highest BCUT2D eigenvalue weighted by Crippen LogP contribution is 2.16. The Hall–Kier alpha value is -1.59. The molecule has 1 aromatic rings.